The van der Waals surface area contributed by atoms with Gasteiger partial charge in [-0.3, -0.25) is 0 Å². The number of alkyl halides is 3. The Bertz CT molecular complexity index is 1050. The molecule has 0 unspecified atom stereocenters. The Morgan fingerprint density at radius 2 is 1.73 bits per heavy atom. The Morgan fingerprint density at radius 1 is 1.00 bits per heavy atom. The summed E-state index contributed by atoms with van der Waals surface area (Å²) >= 11 is 0. The van der Waals surface area contributed by atoms with E-state index in [4.69, 9.17) is 14.0 Å². The van der Waals surface area contributed by atoms with Gasteiger partial charge in [-0.05, 0) is 49.6 Å². The molecule has 0 aliphatic rings. The van der Waals surface area contributed by atoms with Gasteiger partial charge in [0.05, 0.1) is 25.3 Å². The number of nitrogens with zero attached hydrogens (tertiary/aromatic N) is 2. The van der Waals surface area contributed by atoms with E-state index < -0.39 is 11.7 Å². The van der Waals surface area contributed by atoms with Crippen LogP contribution < -0.4 is 14.8 Å². The Balaban J connectivity index is 1.76. The molecule has 0 saturated heterocycles. The molecule has 0 bridgehead atoms. The lowest BCUT2D eigenvalue weighted by atomic mass is 9.95. The number of aromatic nitrogens is 2. The molecule has 178 valence electrons. The highest BCUT2D eigenvalue weighted by molar-refractivity contribution is 5.55. The molecule has 0 aliphatic carbocycles. The average Bonchev–Trinajstić information content (AvgIpc) is 3.24. The molecule has 1 heterocycles. The Labute approximate surface area is 191 Å². The summed E-state index contributed by atoms with van der Waals surface area (Å²) in [5, 5.41) is 7.25. The van der Waals surface area contributed by atoms with Gasteiger partial charge in [0.15, 0.2) is 11.5 Å². The summed E-state index contributed by atoms with van der Waals surface area (Å²) in [4.78, 5) is 4.26. The van der Waals surface area contributed by atoms with E-state index in [0.29, 0.717) is 24.7 Å². The van der Waals surface area contributed by atoms with Crippen molar-refractivity contribution < 1.29 is 27.2 Å². The quantitative estimate of drug-likeness (QED) is 0.395. The fourth-order valence-electron chi connectivity index (χ4n) is 3.48. The molecule has 3 aromatic rings. The first-order chi connectivity index (χ1) is 15.7. The van der Waals surface area contributed by atoms with Gasteiger partial charge in [0, 0.05) is 11.6 Å². The second-order valence-corrected chi connectivity index (χ2v) is 7.77. The van der Waals surface area contributed by atoms with Crippen LogP contribution in [-0.4, -0.2) is 23.4 Å². The van der Waals surface area contributed by atoms with Gasteiger partial charge in [-0.2, -0.15) is 18.2 Å². The number of nitrogens with one attached hydrogen (secondary N) is 1. The highest BCUT2D eigenvalue weighted by atomic mass is 19.4. The van der Waals surface area contributed by atoms with Crippen molar-refractivity contribution in [3.8, 4) is 22.9 Å². The largest absolute Gasteiger partial charge is 0.490 e. The summed E-state index contributed by atoms with van der Waals surface area (Å²) in [6.07, 6.45) is -4.44. The first kappa shape index (κ1) is 24.6. The highest BCUT2D eigenvalue weighted by Gasteiger charge is 2.30. The average molecular weight is 464 g/mol. The minimum Gasteiger partial charge on any atom is -0.490 e. The van der Waals surface area contributed by atoms with E-state index in [1.54, 1.807) is 0 Å². The third kappa shape index (κ3) is 6.25. The van der Waals surface area contributed by atoms with Gasteiger partial charge in [0.2, 0.25) is 11.7 Å². The van der Waals surface area contributed by atoms with Crippen LogP contribution in [0.15, 0.2) is 47.0 Å². The minimum absolute atomic E-state index is 0.0520. The van der Waals surface area contributed by atoms with E-state index in [1.165, 1.54) is 12.1 Å². The molecule has 0 amide bonds. The standard InChI is InChI=1S/C24H28F3N3O3/c1-5-31-19-11-10-16(13-20(19)32-6-2)22(15(3)4)28-14-21-29-23(30-33-21)17-8-7-9-18(12-17)24(25,26)27/h7-13,15,22,28H,5-6,14H2,1-4H3/t22-/m0/s1. The molecule has 6 nitrogen and oxygen atoms in total. The van der Waals surface area contributed by atoms with Crippen LogP contribution in [0.1, 0.15) is 50.8 Å². The Hall–Kier alpha value is -3.07. The van der Waals surface area contributed by atoms with Crippen molar-refractivity contribution in [2.45, 2.75) is 46.5 Å². The predicted molar refractivity (Wildman–Crippen MR) is 118 cm³/mol. The summed E-state index contributed by atoms with van der Waals surface area (Å²) in [5.41, 5.74) is 0.493. The maximum Gasteiger partial charge on any atom is 0.416 e. The summed E-state index contributed by atoms with van der Waals surface area (Å²) in [6, 6.07) is 10.6. The molecule has 0 saturated carbocycles. The van der Waals surface area contributed by atoms with E-state index >= 15 is 0 Å². The van der Waals surface area contributed by atoms with Crippen LogP contribution in [-0.2, 0) is 12.7 Å². The van der Waals surface area contributed by atoms with Crippen LogP contribution in [0.25, 0.3) is 11.4 Å². The summed E-state index contributed by atoms with van der Waals surface area (Å²) in [6.45, 7) is 9.30. The molecule has 3 rings (SSSR count). The molecular weight excluding hydrogens is 435 g/mol. The monoisotopic (exact) mass is 463 g/mol. The Kier molecular flexibility index (Phi) is 7.97. The van der Waals surface area contributed by atoms with Gasteiger partial charge in [0.25, 0.3) is 0 Å². The molecule has 0 aliphatic heterocycles. The van der Waals surface area contributed by atoms with Crippen LogP contribution in [0.2, 0.25) is 0 Å². The third-order valence-corrected chi connectivity index (χ3v) is 4.98. The molecule has 1 atom stereocenters. The topological polar surface area (TPSA) is 69.4 Å². The zero-order chi connectivity index (χ0) is 24.0. The fourth-order valence-corrected chi connectivity index (χ4v) is 3.48. The van der Waals surface area contributed by atoms with Crippen molar-refractivity contribution in [3.63, 3.8) is 0 Å². The molecule has 0 spiro atoms. The van der Waals surface area contributed by atoms with Crippen molar-refractivity contribution in [2.24, 2.45) is 5.92 Å². The van der Waals surface area contributed by atoms with Gasteiger partial charge in [0.1, 0.15) is 0 Å². The maximum absolute atomic E-state index is 13.0. The molecule has 1 aromatic heterocycles. The van der Waals surface area contributed by atoms with E-state index in [1.807, 2.05) is 32.0 Å². The maximum atomic E-state index is 13.0. The van der Waals surface area contributed by atoms with Gasteiger partial charge < -0.3 is 19.3 Å². The van der Waals surface area contributed by atoms with E-state index in [9.17, 15) is 13.2 Å². The van der Waals surface area contributed by atoms with Crippen LogP contribution >= 0.6 is 0 Å². The van der Waals surface area contributed by atoms with Gasteiger partial charge >= 0.3 is 6.18 Å². The molecular formula is C24H28F3N3O3. The Morgan fingerprint density at radius 3 is 2.39 bits per heavy atom. The number of ether oxygens (including phenoxy) is 2. The van der Waals surface area contributed by atoms with E-state index in [0.717, 1.165) is 17.7 Å². The summed E-state index contributed by atoms with van der Waals surface area (Å²) in [7, 11) is 0. The van der Waals surface area contributed by atoms with E-state index in [2.05, 4.69) is 29.3 Å². The van der Waals surface area contributed by atoms with Crippen LogP contribution in [0.5, 0.6) is 11.5 Å². The van der Waals surface area contributed by atoms with Crippen molar-refractivity contribution in [2.75, 3.05) is 13.2 Å². The van der Waals surface area contributed by atoms with E-state index in [-0.39, 0.29) is 35.8 Å². The van der Waals surface area contributed by atoms with Crippen LogP contribution in [0, 0.1) is 5.92 Å². The lowest BCUT2D eigenvalue weighted by Gasteiger charge is -2.23. The highest BCUT2D eigenvalue weighted by Crippen LogP contribution is 2.34. The van der Waals surface area contributed by atoms with Gasteiger partial charge in [-0.25, -0.2) is 0 Å². The number of benzene rings is 2. The third-order valence-electron chi connectivity index (χ3n) is 4.98. The smallest absolute Gasteiger partial charge is 0.416 e. The molecule has 0 fully saturated rings. The first-order valence-corrected chi connectivity index (χ1v) is 10.9. The zero-order valence-electron chi connectivity index (χ0n) is 19.1. The van der Waals surface area contributed by atoms with Crippen molar-refractivity contribution in [1.29, 1.82) is 0 Å². The molecule has 0 radical (unpaired) electrons. The molecule has 9 heteroatoms. The SMILES string of the molecule is CCOc1ccc([C@@H](NCc2nc(-c3cccc(C(F)(F)F)c3)no2)C(C)C)cc1OCC. The van der Waals surface area contributed by atoms with Crippen molar-refractivity contribution >= 4 is 0 Å². The predicted octanol–water partition coefficient (Wildman–Crippen LogP) is 6.04. The summed E-state index contributed by atoms with van der Waals surface area (Å²) in [5.74, 6) is 1.98. The number of halogens is 3. The van der Waals surface area contributed by atoms with Crippen LogP contribution in [0.4, 0.5) is 13.2 Å². The van der Waals surface area contributed by atoms with Crippen LogP contribution in [0.3, 0.4) is 0 Å². The number of hydrogen-bond donors (Lipinski definition) is 1. The second-order valence-electron chi connectivity index (χ2n) is 7.77. The number of rotatable bonds is 10. The van der Waals surface area contributed by atoms with Gasteiger partial charge in [-0.1, -0.05) is 37.2 Å². The van der Waals surface area contributed by atoms with Crippen molar-refractivity contribution in [1.82, 2.24) is 15.5 Å². The lowest BCUT2D eigenvalue weighted by molar-refractivity contribution is -0.137. The van der Waals surface area contributed by atoms with Crippen molar-refractivity contribution in [3.05, 3.63) is 59.5 Å². The number of hydrogen-bond acceptors (Lipinski definition) is 6. The molecule has 1 N–H and O–H groups in total. The second kappa shape index (κ2) is 10.7. The fraction of sp³-hybridized carbons (Fsp3) is 0.417. The first-order valence-electron chi connectivity index (χ1n) is 10.9. The van der Waals surface area contributed by atoms with Gasteiger partial charge in [-0.15, -0.1) is 0 Å². The minimum atomic E-state index is -4.44. The molecule has 2 aromatic carbocycles. The molecule has 33 heavy (non-hydrogen) atoms. The normalized spacial score (nSPS) is 12.7. The lowest BCUT2D eigenvalue weighted by Crippen LogP contribution is -2.25. The zero-order valence-corrected chi connectivity index (χ0v) is 19.1. The summed E-state index contributed by atoms with van der Waals surface area (Å²) < 4.78 is 55.6.